The van der Waals surface area contributed by atoms with Crippen LogP contribution in [0.1, 0.15) is 25.2 Å². The lowest BCUT2D eigenvalue weighted by molar-refractivity contribution is -0.134. The first-order valence-corrected chi connectivity index (χ1v) is 8.64. The maximum atomic E-state index is 12.2. The number of carbonyl (C=O) groups excluding carboxylic acids is 1. The summed E-state index contributed by atoms with van der Waals surface area (Å²) in [4.78, 5) is 16.5. The smallest absolute Gasteiger partial charge is 0.225 e. The fourth-order valence-corrected chi connectivity index (χ4v) is 3.43. The van der Waals surface area contributed by atoms with Crippen LogP contribution in [0, 0.1) is 19.8 Å². The Labute approximate surface area is 143 Å². The van der Waals surface area contributed by atoms with Gasteiger partial charge in [0.25, 0.3) is 0 Å². The summed E-state index contributed by atoms with van der Waals surface area (Å²) in [5, 5.41) is 4.73. The third kappa shape index (κ3) is 3.03. The standard InChI is InChI=1S/C19H26N4O/c1-14(2)19(24)22-12-10-21(11-13-22)18-15(3)20-23(16(18)4)17-8-6-5-7-9-17/h5-9,14H,10-13H2,1-4H3. The Morgan fingerprint density at radius 1 is 1.04 bits per heavy atom. The van der Waals surface area contributed by atoms with Crippen molar-refractivity contribution in [2.45, 2.75) is 27.7 Å². The fraction of sp³-hybridized carbons (Fsp3) is 0.474. The van der Waals surface area contributed by atoms with Crippen molar-refractivity contribution >= 4 is 11.6 Å². The Bertz CT molecular complexity index is 712. The van der Waals surface area contributed by atoms with Gasteiger partial charge in [-0.25, -0.2) is 4.68 Å². The molecule has 0 bridgehead atoms. The van der Waals surface area contributed by atoms with Gasteiger partial charge in [-0.1, -0.05) is 32.0 Å². The molecule has 24 heavy (non-hydrogen) atoms. The average Bonchev–Trinajstić information content (AvgIpc) is 2.89. The van der Waals surface area contributed by atoms with Crippen molar-refractivity contribution in [2.75, 3.05) is 31.1 Å². The van der Waals surface area contributed by atoms with Crippen LogP contribution in [-0.2, 0) is 4.79 Å². The molecule has 128 valence electrons. The van der Waals surface area contributed by atoms with Gasteiger partial charge in [0.1, 0.15) is 0 Å². The van der Waals surface area contributed by atoms with Crippen molar-refractivity contribution in [1.82, 2.24) is 14.7 Å². The van der Waals surface area contributed by atoms with Crippen LogP contribution in [0.15, 0.2) is 30.3 Å². The van der Waals surface area contributed by atoms with E-state index in [0.29, 0.717) is 0 Å². The normalized spacial score (nSPS) is 15.2. The van der Waals surface area contributed by atoms with E-state index < -0.39 is 0 Å². The Balaban J connectivity index is 1.80. The molecule has 0 aliphatic carbocycles. The highest BCUT2D eigenvalue weighted by atomic mass is 16.2. The third-order valence-electron chi connectivity index (χ3n) is 4.66. The lowest BCUT2D eigenvalue weighted by atomic mass is 10.1. The molecule has 1 aliphatic heterocycles. The molecule has 0 N–H and O–H groups in total. The number of piperazine rings is 1. The molecule has 1 amide bonds. The Morgan fingerprint density at radius 3 is 2.25 bits per heavy atom. The molecule has 5 nitrogen and oxygen atoms in total. The predicted octanol–water partition coefficient (Wildman–Crippen LogP) is 2.79. The minimum Gasteiger partial charge on any atom is -0.365 e. The lowest BCUT2D eigenvalue weighted by Crippen LogP contribution is -2.50. The molecule has 1 fully saturated rings. The van der Waals surface area contributed by atoms with Crippen molar-refractivity contribution in [3.8, 4) is 5.69 Å². The molecule has 2 aromatic rings. The second-order valence-corrected chi connectivity index (χ2v) is 6.73. The molecule has 1 aromatic heterocycles. The number of amides is 1. The van der Waals surface area contributed by atoms with Gasteiger partial charge in [-0.2, -0.15) is 5.10 Å². The number of aryl methyl sites for hydroxylation is 1. The van der Waals surface area contributed by atoms with E-state index in [1.54, 1.807) is 0 Å². The van der Waals surface area contributed by atoms with Gasteiger partial charge < -0.3 is 9.80 Å². The number of aromatic nitrogens is 2. The van der Waals surface area contributed by atoms with Crippen LogP contribution >= 0.6 is 0 Å². The maximum absolute atomic E-state index is 12.2. The summed E-state index contributed by atoms with van der Waals surface area (Å²) < 4.78 is 2.01. The second-order valence-electron chi connectivity index (χ2n) is 6.73. The number of nitrogens with zero attached hydrogens (tertiary/aromatic N) is 4. The van der Waals surface area contributed by atoms with Crippen LogP contribution < -0.4 is 4.90 Å². The maximum Gasteiger partial charge on any atom is 0.225 e. The van der Waals surface area contributed by atoms with Crippen LogP contribution in [-0.4, -0.2) is 46.8 Å². The molecule has 1 aromatic carbocycles. The van der Waals surface area contributed by atoms with Gasteiger partial charge >= 0.3 is 0 Å². The van der Waals surface area contributed by atoms with Crippen molar-refractivity contribution in [1.29, 1.82) is 0 Å². The molecule has 2 heterocycles. The Hall–Kier alpha value is -2.30. The zero-order valence-electron chi connectivity index (χ0n) is 15.0. The second kappa shape index (κ2) is 6.67. The molecule has 0 saturated carbocycles. The molecular weight excluding hydrogens is 300 g/mol. The number of anilines is 1. The van der Waals surface area contributed by atoms with Crippen LogP contribution in [0.2, 0.25) is 0 Å². The minimum atomic E-state index is 0.0702. The zero-order valence-corrected chi connectivity index (χ0v) is 15.0. The summed E-state index contributed by atoms with van der Waals surface area (Å²) in [6.45, 7) is 11.4. The van der Waals surface area contributed by atoms with Crippen LogP contribution in [0.25, 0.3) is 5.69 Å². The number of hydrogen-bond acceptors (Lipinski definition) is 3. The van der Waals surface area contributed by atoms with Gasteiger partial charge in [-0.15, -0.1) is 0 Å². The summed E-state index contributed by atoms with van der Waals surface area (Å²) in [6.07, 6.45) is 0. The zero-order chi connectivity index (χ0) is 17.3. The van der Waals surface area contributed by atoms with E-state index in [2.05, 4.69) is 30.9 Å². The number of para-hydroxylation sites is 1. The predicted molar refractivity (Wildman–Crippen MR) is 96.7 cm³/mol. The van der Waals surface area contributed by atoms with Gasteiger partial charge in [-0.05, 0) is 26.0 Å². The topological polar surface area (TPSA) is 41.4 Å². The Morgan fingerprint density at radius 2 is 1.67 bits per heavy atom. The van der Waals surface area contributed by atoms with Gasteiger partial charge in [0, 0.05) is 32.1 Å². The molecule has 5 heteroatoms. The number of carbonyl (C=O) groups is 1. The van der Waals surface area contributed by atoms with Gasteiger partial charge in [0.05, 0.1) is 22.8 Å². The highest BCUT2D eigenvalue weighted by Crippen LogP contribution is 2.27. The van der Waals surface area contributed by atoms with Crippen molar-refractivity contribution < 1.29 is 4.79 Å². The molecule has 1 saturated heterocycles. The van der Waals surface area contributed by atoms with E-state index in [-0.39, 0.29) is 11.8 Å². The SMILES string of the molecule is Cc1nn(-c2ccccc2)c(C)c1N1CCN(C(=O)C(C)C)CC1. The number of hydrogen-bond donors (Lipinski definition) is 0. The first-order chi connectivity index (χ1) is 11.5. The van der Waals surface area contributed by atoms with Crippen molar-refractivity contribution in [3.63, 3.8) is 0 Å². The highest BCUT2D eigenvalue weighted by molar-refractivity contribution is 5.78. The first-order valence-electron chi connectivity index (χ1n) is 8.64. The van der Waals surface area contributed by atoms with Crippen molar-refractivity contribution in [3.05, 3.63) is 41.7 Å². The van der Waals surface area contributed by atoms with E-state index >= 15 is 0 Å². The molecule has 0 spiro atoms. The quantitative estimate of drug-likeness (QED) is 0.871. The minimum absolute atomic E-state index is 0.0702. The molecule has 1 aliphatic rings. The Kier molecular flexibility index (Phi) is 4.60. The van der Waals surface area contributed by atoms with Crippen LogP contribution in [0.5, 0.6) is 0 Å². The average molecular weight is 326 g/mol. The van der Waals surface area contributed by atoms with Gasteiger partial charge in [-0.3, -0.25) is 4.79 Å². The van der Waals surface area contributed by atoms with E-state index in [0.717, 1.165) is 43.3 Å². The van der Waals surface area contributed by atoms with E-state index in [4.69, 9.17) is 5.10 Å². The summed E-state index contributed by atoms with van der Waals surface area (Å²) >= 11 is 0. The molecule has 0 atom stereocenters. The molecule has 0 radical (unpaired) electrons. The van der Waals surface area contributed by atoms with Gasteiger partial charge in [0.15, 0.2) is 0 Å². The highest BCUT2D eigenvalue weighted by Gasteiger charge is 2.26. The fourth-order valence-electron chi connectivity index (χ4n) is 3.43. The van der Waals surface area contributed by atoms with Gasteiger partial charge in [0.2, 0.25) is 5.91 Å². The van der Waals surface area contributed by atoms with Crippen LogP contribution in [0.3, 0.4) is 0 Å². The number of rotatable bonds is 3. The largest absolute Gasteiger partial charge is 0.365 e. The first kappa shape index (κ1) is 16.6. The van der Waals surface area contributed by atoms with Crippen LogP contribution in [0.4, 0.5) is 5.69 Å². The van der Waals surface area contributed by atoms with E-state index in [1.165, 1.54) is 5.69 Å². The summed E-state index contributed by atoms with van der Waals surface area (Å²) in [6, 6.07) is 10.2. The monoisotopic (exact) mass is 326 g/mol. The summed E-state index contributed by atoms with van der Waals surface area (Å²) in [5.41, 5.74) is 4.48. The molecule has 3 rings (SSSR count). The molecule has 0 unspecified atom stereocenters. The van der Waals surface area contributed by atoms with E-state index in [9.17, 15) is 4.79 Å². The number of benzene rings is 1. The summed E-state index contributed by atoms with van der Waals surface area (Å²) in [5.74, 6) is 0.323. The van der Waals surface area contributed by atoms with E-state index in [1.807, 2.05) is 41.6 Å². The summed E-state index contributed by atoms with van der Waals surface area (Å²) in [7, 11) is 0. The third-order valence-corrected chi connectivity index (χ3v) is 4.66. The van der Waals surface area contributed by atoms with Crippen molar-refractivity contribution in [2.24, 2.45) is 5.92 Å². The molecular formula is C19H26N4O. The lowest BCUT2D eigenvalue weighted by Gasteiger charge is -2.37.